The van der Waals surface area contributed by atoms with Crippen LogP contribution in [0, 0.1) is 5.92 Å². The van der Waals surface area contributed by atoms with E-state index in [4.69, 9.17) is 10.5 Å². The lowest BCUT2D eigenvalue weighted by molar-refractivity contribution is 0.234. The molecule has 1 aliphatic rings. The van der Waals surface area contributed by atoms with Crippen molar-refractivity contribution in [2.75, 3.05) is 17.2 Å². The monoisotopic (exact) mass is 250 g/mol. The van der Waals surface area contributed by atoms with Crippen molar-refractivity contribution in [1.82, 2.24) is 9.97 Å². The average Bonchev–Trinajstić information content (AvgIpc) is 2.60. The van der Waals surface area contributed by atoms with Crippen LogP contribution in [0.3, 0.4) is 0 Å². The molecule has 0 aliphatic carbocycles. The smallest absolute Gasteiger partial charge is 0.242 e. The Labute approximate surface area is 108 Å². The zero-order valence-corrected chi connectivity index (χ0v) is 11.6. The second-order valence-corrected chi connectivity index (χ2v) is 5.42. The van der Waals surface area contributed by atoms with Gasteiger partial charge in [0.2, 0.25) is 5.88 Å². The first kappa shape index (κ1) is 12.9. The van der Waals surface area contributed by atoms with E-state index < -0.39 is 0 Å². The van der Waals surface area contributed by atoms with Gasteiger partial charge in [0.1, 0.15) is 12.0 Å². The first-order valence-electron chi connectivity index (χ1n) is 6.52. The standard InChI is InChI=1S/C13H22N4O/c1-8(2)18-13-11(14)12(15-7-16-13)17-6-9(3)5-10(17)4/h7-10H,5-6,14H2,1-4H3. The number of ether oxygens (including phenoxy) is 1. The van der Waals surface area contributed by atoms with Crippen LogP contribution in [-0.2, 0) is 0 Å². The minimum absolute atomic E-state index is 0.0602. The van der Waals surface area contributed by atoms with Gasteiger partial charge >= 0.3 is 0 Å². The van der Waals surface area contributed by atoms with E-state index in [9.17, 15) is 0 Å². The molecule has 0 spiro atoms. The van der Waals surface area contributed by atoms with Crippen molar-refractivity contribution in [3.8, 4) is 5.88 Å². The zero-order valence-electron chi connectivity index (χ0n) is 11.6. The fourth-order valence-corrected chi connectivity index (χ4v) is 2.51. The minimum Gasteiger partial charge on any atom is -0.473 e. The summed E-state index contributed by atoms with van der Waals surface area (Å²) in [7, 11) is 0. The number of nitrogens with zero attached hydrogens (tertiary/aromatic N) is 3. The zero-order chi connectivity index (χ0) is 13.3. The molecule has 2 N–H and O–H groups in total. The second kappa shape index (κ2) is 5.00. The highest BCUT2D eigenvalue weighted by molar-refractivity contribution is 5.68. The van der Waals surface area contributed by atoms with Crippen molar-refractivity contribution < 1.29 is 4.74 Å². The second-order valence-electron chi connectivity index (χ2n) is 5.42. The van der Waals surface area contributed by atoms with Crippen LogP contribution in [0.5, 0.6) is 5.88 Å². The molecule has 1 aliphatic heterocycles. The molecule has 1 aromatic rings. The molecule has 0 aromatic carbocycles. The molecular weight excluding hydrogens is 228 g/mol. The molecule has 0 amide bonds. The quantitative estimate of drug-likeness (QED) is 0.889. The van der Waals surface area contributed by atoms with E-state index in [1.807, 2.05) is 13.8 Å². The van der Waals surface area contributed by atoms with E-state index in [-0.39, 0.29) is 6.10 Å². The fraction of sp³-hybridized carbons (Fsp3) is 0.692. The van der Waals surface area contributed by atoms with Crippen LogP contribution in [0.4, 0.5) is 11.5 Å². The van der Waals surface area contributed by atoms with E-state index in [0.717, 1.165) is 12.4 Å². The van der Waals surface area contributed by atoms with Crippen molar-refractivity contribution in [2.45, 2.75) is 46.3 Å². The van der Waals surface area contributed by atoms with Crippen LogP contribution in [0.15, 0.2) is 6.33 Å². The summed E-state index contributed by atoms with van der Waals surface area (Å²) >= 11 is 0. The Morgan fingerprint density at radius 1 is 1.39 bits per heavy atom. The Balaban J connectivity index is 2.28. The van der Waals surface area contributed by atoms with Crippen LogP contribution < -0.4 is 15.4 Å². The van der Waals surface area contributed by atoms with Gasteiger partial charge in [-0.1, -0.05) is 6.92 Å². The molecule has 5 heteroatoms. The van der Waals surface area contributed by atoms with Gasteiger partial charge < -0.3 is 15.4 Å². The first-order chi connectivity index (χ1) is 8.49. The third-order valence-electron chi connectivity index (χ3n) is 3.23. The summed E-state index contributed by atoms with van der Waals surface area (Å²) in [6, 6.07) is 0.462. The van der Waals surface area contributed by atoms with Crippen LogP contribution >= 0.6 is 0 Å². The van der Waals surface area contributed by atoms with E-state index in [0.29, 0.717) is 23.5 Å². The van der Waals surface area contributed by atoms with Crippen LogP contribution in [0.1, 0.15) is 34.1 Å². The number of nitrogen functional groups attached to an aromatic ring is 1. The summed E-state index contributed by atoms with van der Waals surface area (Å²) in [6.07, 6.45) is 2.76. The maximum absolute atomic E-state index is 6.13. The van der Waals surface area contributed by atoms with Crippen molar-refractivity contribution in [3.05, 3.63) is 6.33 Å². The lowest BCUT2D eigenvalue weighted by Gasteiger charge is -2.24. The largest absolute Gasteiger partial charge is 0.473 e. The lowest BCUT2D eigenvalue weighted by atomic mass is 10.1. The van der Waals surface area contributed by atoms with Gasteiger partial charge in [-0.15, -0.1) is 0 Å². The van der Waals surface area contributed by atoms with Gasteiger partial charge in [0.15, 0.2) is 5.82 Å². The Hall–Kier alpha value is -1.52. The van der Waals surface area contributed by atoms with E-state index in [2.05, 4.69) is 28.7 Å². The highest BCUT2D eigenvalue weighted by atomic mass is 16.5. The molecule has 5 nitrogen and oxygen atoms in total. The lowest BCUT2D eigenvalue weighted by Crippen LogP contribution is -2.29. The summed E-state index contributed by atoms with van der Waals surface area (Å²) in [6.45, 7) is 9.36. The van der Waals surface area contributed by atoms with Gasteiger partial charge in [-0.25, -0.2) is 4.98 Å². The molecule has 0 radical (unpaired) electrons. The van der Waals surface area contributed by atoms with Gasteiger partial charge in [-0.2, -0.15) is 4.98 Å². The van der Waals surface area contributed by atoms with Crippen molar-refractivity contribution in [3.63, 3.8) is 0 Å². The molecular formula is C13H22N4O. The van der Waals surface area contributed by atoms with Gasteiger partial charge in [0, 0.05) is 12.6 Å². The third-order valence-corrected chi connectivity index (χ3v) is 3.23. The molecule has 2 unspecified atom stereocenters. The molecule has 1 saturated heterocycles. The van der Waals surface area contributed by atoms with Gasteiger partial charge in [0.05, 0.1) is 6.10 Å². The Morgan fingerprint density at radius 2 is 2.11 bits per heavy atom. The van der Waals surface area contributed by atoms with Gasteiger partial charge in [-0.3, -0.25) is 0 Å². The predicted octanol–water partition coefficient (Wildman–Crippen LogP) is 2.08. The molecule has 0 bridgehead atoms. The minimum atomic E-state index is 0.0602. The summed E-state index contributed by atoms with van der Waals surface area (Å²) in [5, 5.41) is 0. The maximum Gasteiger partial charge on any atom is 0.242 e. The van der Waals surface area contributed by atoms with Crippen molar-refractivity contribution in [1.29, 1.82) is 0 Å². The van der Waals surface area contributed by atoms with E-state index in [1.165, 1.54) is 12.7 Å². The first-order valence-corrected chi connectivity index (χ1v) is 6.52. The summed E-state index contributed by atoms with van der Waals surface area (Å²) in [4.78, 5) is 10.7. The number of hydrogen-bond acceptors (Lipinski definition) is 5. The Morgan fingerprint density at radius 3 is 2.67 bits per heavy atom. The third kappa shape index (κ3) is 2.49. The number of anilines is 2. The van der Waals surface area contributed by atoms with Crippen molar-refractivity contribution in [2.24, 2.45) is 5.92 Å². The Bertz CT molecular complexity index is 421. The molecule has 18 heavy (non-hydrogen) atoms. The molecule has 1 fully saturated rings. The molecule has 1 aromatic heterocycles. The molecule has 100 valence electrons. The van der Waals surface area contributed by atoms with Crippen LogP contribution in [-0.4, -0.2) is 28.7 Å². The van der Waals surface area contributed by atoms with E-state index >= 15 is 0 Å². The summed E-state index contributed by atoms with van der Waals surface area (Å²) in [5.41, 5.74) is 6.68. The van der Waals surface area contributed by atoms with Gasteiger partial charge in [0.25, 0.3) is 0 Å². The fourth-order valence-electron chi connectivity index (χ4n) is 2.51. The highest BCUT2D eigenvalue weighted by Gasteiger charge is 2.29. The molecule has 2 heterocycles. The van der Waals surface area contributed by atoms with Gasteiger partial charge in [-0.05, 0) is 33.1 Å². The maximum atomic E-state index is 6.13. The number of rotatable bonds is 3. The van der Waals surface area contributed by atoms with E-state index in [1.54, 1.807) is 0 Å². The number of hydrogen-bond donors (Lipinski definition) is 1. The normalized spacial score (nSPS) is 23.7. The number of nitrogens with two attached hydrogens (primary N) is 1. The topological polar surface area (TPSA) is 64.3 Å². The Kier molecular flexibility index (Phi) is 3.59. The van der Waals surface area contributed by atoms with Crippen molar-refractivity contribution >= 4 is 11.5 Å². The van der Waals surface area contributed by atoms with Crippen LogP contribution in [0.25, 0.3) is 0 Å². The summed E-state index contributed by atoms with van der Waals surface area (Å²) in [5.74, 6) is 1.96. The number of aromatic nitrogens is 2. The summed E-state index contributed by atoms with van der Waals surface area (Å²) < 4.78 is 5.60. The highest BCUT2D eigenvalue weighted by Crippen LogP contribution is 2.34. The molecule has 2 atom stereocenters. The molecule has 0 saturated carbocycles. The average molecular weight is 250 g/mol. The predicted molar refractivity (Wildman–Crippen MR) is 72.8 cm³/mol. The SMILES string of the molecule is CC1CC(C)N(c2ncnc(OC(C)C)c2N)C1. The van der Waals surface area contributed by atoms with Crippen LogP contribution in [0.2, 0.25) is 0 Å². The molecule has 2 rings (SSSR count).